The van der Waals surface area contributed by atoms with Gasteiger partial charge in [0.15, 0.2) is 5.82 Å². The average molecular weight is 438 g/mol. The summed E-state index contributed by atoms with van der Waals surface area (Å²) >= 11 is 1.55. The Labute approximate surface area is 182 Å². The molecule has 0 spiro atoms. The number of benzene rings is 2. The number of carbonyl (C=O) groups is 1. The van der Waals surface area contributed by atoms with Gasteiger partial charge in [-0.1, -0.05) is 12.1 Å². The van der Waals surface area contributed by atoms with Crippen LogP contribution in [0.15, 0.2) is 66.0 Å². The van der Waals surface area contributed by atoms with Crippen LogP contribution in [0.3, 0.4) is 0 Å². The lowest BCUT2D eigenvalue weighted by Crippen LogP contribution is -2.12. The van der Waals surface area contributed by atoms with Crippen molar-refractivity contribution in [3.63, 3.8) is 0 Å². The molecule has 4 aromatic rings. The number of hydrogen-bond acceptors (Lipinski definition) is 6. The first-order chi connectivity index (χ1) is 15.1. The Morgan fingerprint density at radius 3 is 2.68 bits per heavy atom. The maximum absolute atomic E-state index is 13.3. The number of nitrogens with zero attached hydrogens (tertiary/aromatic N) is 3. The fourth-order valence-corrected chi connectivity index (χ4v) is 3.53. The van der Waals surface area contributed by atoms with Crippen molar-refractivity contribution in [3.8, 4) is 22.4 Å². The molecule has 4 rings (SSSR count). The molecule has 0 fully saturated rings. The standard InChI is InChI=1S/C22H19FN4O3S/c1-29-11-12-30-22-25-20(19-6-3-13-31-19)27(26-22)18-9-7-17(8-10-18)24-21(28)15-4-2-5-16(23)14-15/h2-10,13-14H,11-12H2,1H3,(H,24,28). The third kappa shape index (κ3) is 4.96. The molecular formula is C22H19FN4O3S. The van der Waals surface area contributed by atoms with E-state index in [9.17, 15) is 9.18 Å². The van der Waals surface area contributed by atoms with Crippen LogP contribution in [-0.2, 0) is 4.74 Å². The van der Waals surface area contributed by atoms with Crippen LogP contribution in [0.2, 0.25) is 0 Å². The van der Waals surface area contributed by atoms with Gasteiger partial charge in [0.2, 0.25) is 0 Å². The summed E-state index contributed by atoms with van der Waals surface area (Å²) in [5.41, 5.74) is 1.58. The Kier molecular flexibility index (Phi) is 6.34. The van der Waals surface area contributed by atoms with Gasteiger partial charge < -0.3 is 14.8 Å². The number of rotatable bonds is 8. The Balaban J connectivity index is 1.56. The van der Waals surface area contributed by atoms with E-state index >= 15 is 0 Å². The Bertz CT molecular complexity index is 1160. The van der Waals surface area contributed by atoms with Gasteiger partial charge in [-0.25, -0.2) is 9.07 Å². The third-order valence-corrected chi connectivity index (χ3v) is 5.17. The van der Waals surface area contributed by atoms with Gasteiger partial charge in [0.1, 0.15) is 12.4 Å². The summed E-state index contributed by atoms with van der Waals surface area (Å²) in [6.45, 7) is 0.776. The molecule has 2 aromatic heterocycles. The van der Waals surface area contributed by atoms with Gasteiger partial charge in [-0.15, -0.1) is 16.4 Å². The highest BCUT2D eigenvalue weighted by atomic mass is 32.1. The molecule has 0 aliphatic heterocycles. The lowest BCUT2D eigenvalue weighted by Gasteiger charge is -2.08. The predicted octanol–water partition coefficient (Wildman–Crippen LogP) is 4.41. The molecule has 2 aromatic carbocycles. The van der Waals surface area contributed by atoms with Gasteiger partial charge in [-0.2, -0.15) is 4.98 Å². The number of thiophene rings is 1. The highest BCUT2D eigenvalue weighted by Gasteiger charge is 2.16. The summed E-state index contributed by atoms with van der Waals surface area (Å²) in [6, 6.07) is 16.8. The largest absolute Gasteiger partial charge is 0.460 e. The lowest BCUT2D eigenvalue weighted by atomic mass is 10.2. The molecule has 0 unspecified atom stereocenters. The molecule has 0 aliphatic carbocycles. The Morgan fingerprint density at radius 2 is 1.97 bits per heavy atom. The summed E-state index contributed by atoms with van der Waals surface area (Å²) in [5, 5.41) is 9.18. The molecule has 0 saturated carbocycles. The second-order valence-electron chi connectivity index (χ2n) is 6.46. The summed E-state index contributed by atoms with van der Waals surface area (Å²) in [6.07, 6.45) is 0. The number of aromatic nitrogens is 3. The van der Waals surface area contributed by atoms with Gasteiger partial charge in [-0.05, 0) is 53.9 Å². The van der Waals surface area contributed by atoms with Crippen molar-refractivity contribution < 1.29 is 18.7 Å². The molecule has 7 nitrogen and oxygen atoms in total. The number of hydrogen-bond donors (Lipinski definition) is 1. The first kappa shape index (κ1) is 20.7. The number of nitrogens with one attached hydrogen (secondary N) is 1. The normalized spacial score (nSPS) is 10.8. The van der Waals surface area contributed by atoms with Crippen molar-refractivity contribution in [3.05, 3.63) is 77.4 Å². The summed E-state index contributed by atoms with van der Waals surface area (Å²) in [4.78, 5) is 17.8. The summed E-state index contributed by atoms with van der Waals surface area (Å²) < 4.78 is 25.6. The molecule has 0 saturated heterocycles. The van der Waals surface area contributed by atoms with Gasteiger partial charge in [0.05, 0.1) is 17.2 Å². The van der Waals surface area contributed by atoms with Crippen LogP contribution in [0, 0.1) is 5.82 Å². The molecular weight excluding hydrogens is 419 g/mol. The van der Waals surface area contributed by atoms with E-state index in [2.05, 4.69) is 15.4 Å². The summed E-state index contributed by atoms with van der Waals surface area (Å²) in [7, 11) is 1.60. The first-order valence-corrected chi connectivity index (χ1v) is 10.3. The van der Waals surface area contributed by atoms with Crippen LogP contribution < -0.4 is 10.1 Å². The minimum absolute atomic E-state index is 0.248. The Morgan fingerprint density at radius 1 is 1.13 bits per heavy atom. The summed E-state index contributed by atoms with van der Waals surface area (Å²) in [5.74, 6) is -0.195. The quantitative estimate of drug-likeness (QED) is 0.412. The van der Waals surface area contributed by atoms with E-state index in [1.165, 1.54) is 18.2 Å². The van der Waals surface area contributed by atoms with E-state index < -0.39 is 5.82 Å². The maximum Gasteiger partial charge on any atom is 0.336 e. The zero-order chi connectivity index (χ0) is 21.6. The van der Waals surface area contributed by atoms with E-state index in [-0.39, 0.29) is 17.5 Å². The number of anilines is 1. The van der Waals surface area contributed by atoms with Crippen molar-refractivity contribution in [2.75, 3.05) is 25.6 Å². The van der Waals surface area contributed by atoms with E-state index in [1.807, 2.05) is 29.6 Å². The van der Waals surface area contributed by atoms with Crippen LogP contribution in [0.4, 0.5) is 10.1 Å². The van der Waals surface area contributed by atoms with Crippen molar-refractivity contribution in [2.45, 2.75) is 0 Å². The molecule has 2 heterocycles. The second-order valence-corrected chi connectivity index (χ2v) is 7.41. The fraction of sp³-hybridized carbons (Fsp3) is 0.136. The number of amides is 1. The van der Waals surface area contributed by atoms with Crippen molar-refractivity contribution >= 4 is 22.9 Å². The first-order valence-electron chi connectivity index (χ1n) is 9.44. The van der Waals surface area contributed by atoms with Crippen LogP contribution in [0.5, 0.6) is 6.01 Å². The van der Waals surface area contributed by atoms with E-state index in [4.69, 9.17) is 9.47 Å². The van der Waals surface area contributed by atoms with Crippen LogP contribution in [0.25, 0.3) is 16.4 Å². The minimum atomic E-state index is -0.459. The molecule has 9 heteroatoms. The van der Waals surface area contributed by atoms with Gasteiger partial charge >= 0.3 is 6.01 Å². The monoisotopic (exact) mass is 438 g/mol. The molecule has 1 amide bonds. The van der Waals surface area contributed by atoms with E-state index in [0.717, 1.165) is 10.6 Å². The SMILES string of the molecule is COCCOc1nc(-c2cccs2)n(-c2ccc(NC(=O)c3cccc(F)c3)cc2)n1. The second kappa shape index (κ2) is 9.50. The smallest absolute Gasteiger partial charge is 0.336 e. The molecule has 0 radical (unpaired) electrons. The van der Waals surface area contributed by atoms with Gasteiger partial charge in [-0.3, -0.25) is 4.79 Å². The average Bonchev–Trinajstić information content (AvgIpc) is 3.44. The number of halogens is 1. The van der Waals surface area contributed by atoms with Crippen LogP contribution in [-0.4, -0.2) is 41.0 Å². The zero-order valence-electron chi connectivity index (χ0n) is 16.6. The van der Waals surface area contributed by atoms with Crippen LogP contribution >= 0.6 is 11.3 Å². The lowest BCUT2D eigenvalue weighted by molar-refractivity contribution is 0.102. The molecule has 158 valence electrons. The highest BCUT2D eigenvalue weighted by molar-refractivity contribution is 7.13. The molecule has 0 atom stereocenters. The van der Waals surface area contributed by atoms with Gasteiger partial charge in [0.25, 0.3) is 5.91 Å². The highest BCUT2D eigenvalue weighted by Crippen LogP contribution is 2.27. The molecule has 31 heavy (non-hydrogen) atoms. The third-order valence-electron chi connectivity index (χ3n) is 4.30. The molecule has 1 N–H and O–H groups in total. The predicted molar refractivity (Wildman–Crippen MR) is 116 cm³/mol. The van der Waals surface area contributed by atoms with E-state index in [0.29, 0.717) is 24.7 Å². The topological polar surface area (TPSA) is 78.3 Å². The van der Waals surface area contributed by atoms with Crippen molar-refractivity contribution in [1.29, 1.82) is 0 Å². The van der Waals surface area contributed by atoms with Crippen molar-refractivity contribution in [2.24, 2.45) is 0 Å². The number of ether oxygens (including phenoxy) is 2. The van der Waals surface area contributed by atoms with Gasteiger partial charge in [0, 0.05) is 18.4 Å². The zero-order valence-corrected chi connectivity index (χ0v) is 17.4. The Hall–Kier alpha value is -3.56. The fourth-order valence-electron chi connectivity index (χ4n) is 2.83. The number of carbonyl (C=O) groups excluding carboxylic acids is 1. The molecule has 0 bridgehead atoms. The molecule has 0 aliphatic rings. The van der Waals surface area contributed by atoms with E-state index in [1.54, 1.807) is 41.3 Å². The van der Waals surface area contributed by atoms with Crippen LogP contribution in [0.1, 0.15) is 10.4 Å². The number of methoxy groups -OCH3 is 1. The minimum Gasteiger partial charge on any atom is -0.460 e. The maximum atomic E-state index is 13.3. The van der Waals surface area contributed by atoms with Crippen molar-refractivity contribution in [1.82, 2.24) is 14.8 Å².